The van der Waals surface area contributed by atoms with E-state index in [1.807, 2.05) is 24.1 Å². The fraction of sp³-hybridized carbons (Fsp3) is 0.0588. The molecule has 0 unspecified atom stereocenters. The molecule has 0 aliphatic rings. The van der Waals surface area contributed by atoms with E-state index in [-0.39, 0.29) is 11.5 Å². The number of aromatic hydroxyl groups is 1. The number of carbonyl (C=O) groups excluding carboxylic acids is 1. The second-order valence-corrected chi connectivity index (χ2v) is 4.02. The molecule has 2 aromatic carbocycles. The van der Waals surface area contributed by atoms with E-state index >= 15 is 0 Å². The minimum absolute atomic E-state index is 0.0139. The van der Waals surface area contributed by atoms with Crippen LogP contribution in [0.4, 0.5) is 0 Å². The number of phenolic OH excluding ortho intramolecular Hbond substituents is 1. The molecule has 2 aromatic rings. The lowest BCUT2D eigenvalue weighted by molar-refractivity contribution is -0.130. The van der Waals surface area contributed by atoms with Crippen molar-refractivity contribution in [2.75, 3.05) is 0 Å². The van der Waals surface area contributed by atoms with Crippen molar-refractivity contribution in [3.05, 3.63) is 65.7 Å². The predicted octanol–water partition coefficient (Wildman–Crippen LogP) is 2.72. The van der Waals surface area contributed by atoms with E-state index in [4.69, 9.17) is 10.2 Å². The zero-order chi connectivity index (χ0) is 15.7. The number of hydrogen-bond acceptors (Lipinski definition) is 3. The van der Waals surface area contributed by atoms with Crippen LogP contribution in [0.25, 0.3) is 0 Å². The molecule has 4 nitrogen and oxygen atoms in total. The van der Waals surface area contributed by atoms with Gasteiger partial charge in [-0.15, -0.1) is 0 Å². The Kier molecular flexibility index (Phi) is 6.23. The summed E-state index contributed by atoms with van der Waals surface area (Å²) in [7, 11) is 0. The van der Waals surface area contributed by atoms with Crippen molar-refractivity contribution in [2.45, 2.75) is 6.92 Å². The van der Waals surface area contributed by atoms with Crippen molar-refractivity contribution in [2.24, 2.45) is 0 Å². The number of phenols is 1. The molecular formula is C17H14O4. The van der Waals surface area contributed by atoms with E-state index in [0.29, 0.717) is 5.56 Å². The summed E-state index contributed by atoms with van der Waals surface area (Å²) in [6.45, 7) is 1.49. The second kappa shape index (κ2) is 8.18. The first-order valence-electron chi connectivity index (χ1n) is 6.09. The number of carbonyl (C=O) groups is 2. The number of aliphatic carboxylic acids is 1. The van der Waals surface area contributed by atoms with Gasteiger partial charge in [0.1, 0.15) is 5.75 Å². The van der Waals surface area contributed by atoms with Crippen molar-refractivity contribution in [1.82, 2.24) is 0 Å². The zero-order valence-corrected chi connectivity index (χ0v) is 11.4. The summed E-state index contributed by atoms with van der Waals surface area (Å²) in [5.74, 6) is 3.62. The Morgan fingerprint density at radius 1 is 0.952 bits per heavy atom. The van der Waals surface area contributed by atoms with Gasteiger partial charge in [-0.05, 0) is 43.3 Å². The summed E-state index contributed by atoms with van der Waals surface area (Å²) in [5, 5.41) is 17.0. The van der Waals surface area contributed by atoms with Gasteiger partial charge in [-0.2, -0.15) is 0 Å². The van der Waals surface area contributed by atoms with Crippen LogP contribution < -0.4 is 0 Å². The normalized spacial score (nSPS) is 8.62. The first-order chi connectivity index (χ1) is 9.99. The Labute approximate surface area is 122 Å². The Balaban J connectivity index is 0.000000211. The third kappa shape index (κ3) is 6.60. The minimum Gasteiger partial charge on any atom is -0.508 e. The topological polar surface area (TPSA) is 74.6 Å². The molecule has 0 saturated carbocycles. The highest BCUT2D eigenvalue weighted by molar-refractivity contribution is 5.94. The molecule has 0 saturated heterocycles. The molecule has 0 aliphatic carbocycles. The molecular weight excluding hydrogens is 268 g/mol. The first kappa shape index (κ1) is 16.0. The van der Waals surface area contributed by atoms with Gasteiger partial charge in [-0.25, -0.2) is 4.79 Å². The van der Waals surface area contributed by atoms with Crippen LogP contribution in [-0.2, 0) is 4.79 Å². The zero-order valence-electron chi connectivity index (χ0n) is 11.4. The largest absolute Gasteiger partial charge is 0.508 e. The highest BCUT2D eigenvalue weighted by Crippen LogP contribution is 2.09. The Morgan fingerprint density at radius 2 is 1.52 bits per heavy atom. The van der Waals surface area contributed by atoms with Crippen LogP contribution in [0.3, 0.4) is 0 Å². The fourth-order valence-electron chi connectivity index (χ4n) is 1.34. The summed E-state index contributed by atoms with van der Waals surface area (Å²) in [6, 6.07) is 15.2. The molecule has 0 fully saturated rings. The fourth-order valence-corrected chi connectivity index (χ4v) is 1.34. The van der Waals surface area contributed by atoms with E-state index in [1.54, 1.807) is 24.3 Å². The Morgan fingerprint density at radius 3 is 2.00 bits per heavy atom. The number of ketones is 1. The maximum Gasteiger partial charge on any atom is 0.382 e. The van der Waals surface area contributed by atoms with Gasteiger partial charge < -0.3 is 10.2 Å². The van der Waals surface area contributed by atoms with E-state index in [1.165, 1.54) is 19.1 Å². The van der Waals surface area contributed by atoms with Crippen LogP contribution in [0.5, 0.6) is 5.75 Å². The third-order valence-electron chi connectivity index (χ3n) is 2.36. The van der Waals surface area contributed by atoms with Crippen LogP contribution in [0.2, 0.25) is 0 Å². The summed E-state index contributed by atoms with van der Waals surface area (Å²) >= 11 is 0. The monoisotopic (exact) mass is 282 g/mol. The van der Waals surface area contributed by atoms with Crippen molar-refractivity contribution in [3.8, 4) is 17.6 Å². The molecule has 0 heterocycles. The van der Waals surface area contributed by atoms with Gasteiger partial charge in [-0.1, -0.05) is 24.1 Å². The Hall–Kier alpha value is -3.06. The molecule has 21 heavy (non-hydrogen) atoms. The lowest BCUT2D eigenvalue weighted by Crippen LogP contribution is -1.89. The van der Waals surface area contributed by atoms with E-state index in [0.717, 1.165) is 5.56 Å². The molecule has 2 N–H and O–H groups in total. The summed E-state index contributed by atoms with van der Waals surface area (Å²) in [4.78, 5) is 20.7. The van der Waals surface area contributed by atoms with Gasteiger partial charge in [-0.3, -0.25) is 4.79 Å². The van der Waals surface area contributed by atoms with Crippen LogP contribution >= 0.6 is 0 Å². The standard InChI is InChI=1S/C9H6O2.C8H8O2/c10-9(11)7-6-8-4-2-1-3-5-8;1-6(9)7-2-4-8(10)5-3-7/h1-5H,(H,10,11);2-5,10H,1H3. The number of Topliss-reactive ketones (excluding diaryl/α,β-unsaturated/α-hetero) is 1. The smallest absolute Gasteiger partial charge is 0.382 e. The molecule has 0 spiro atoms. The lowest BCUT2D eigenvalue weighted by atomic mass is 10.1. The molecule has 106 valence electrons. The maximum absolute atomic E-state index is 10.7. The van der Waals surface area contributed by atoms with Crippen molar-refractivity contribution in [3.63, 3.8) is 0 Å². The van der Waals surface area contributed by atoms with Gasteiger partial charge in [0, 0.05) is 17.0 Å². The minimum atomic E-state index is -1.10. The highest BCUT2D eigenvalue weighted by Gasteiger charge is 1.96. The van der Waals surface area contributed by atoms with Crippen LogP contribution in [-0.4, -0.2) is 22.0 Å². The van der Waals surface area contributed by atoms with Gasteiger partial charge in [0.2, 0.25) is 0 Å². The summed E-state index contributed by atoms with van der Waals surface area (Å²) in [6.07, 6.45) is 0. The molecule has 0 atom stereocenters. The van der Waals surface area contributed by atoms with E-state index in [2.05, 4.69) is 5.92 Å². The van der Waals surface area contributed by atoms with Gasteiger partial charge in [0.15, 0.2) is 5.78 Å². The van der Waals surface area contributed by atoms with Crippen LogP contribution in [0, 0.1) is 11.8 Å². The quantitative estimate of drug-likeness (QED) is 0.623. The number of carboxylic acid groups (broad SMARTS) is 1. The number of hydrogen-bond donors (Lipinski definition) is 2. The van der Waals surface area contributed by atoms with Crippen molar-refractivity contribution < 1.29 is 19.8 Å². The van der Waals surface area contributed by atoms with Gasteiger partial charge >= 0.3 is 5.97 Å². The lowest BCUT2D eigenvalue weighted by Gasteiger charge is -1.93. The van der Waals surface area contributed by atoms with Crippen molar-refractivity contribution >= 4 is 11.8 Å². The summed E-state index contributed by atoms with van der Waals surface area (Å²) in [5.41, 5.74) is 1.34. The summed E-state index contributed by atoms with van der Waals surface area (Å²) < 4.78 is 0. The van der Waals surface area contributed by atoms with Gasteiger partial charge in [0.25, 0.3) is 0 Å². The average molecular weight is 282 g/mol. The SMILES string of the molecule is CC(=O)c1ccc(O)cc1.O=C(O)C#Cc1ccccc1. The first-order valence-corrected chi connectivity index (χ1v) is 6.09. The van der Waals surface area contributed by atoms with E-state index in [9.17, 15) is 9.59 Å². The van der Waals surface area contributed by atoms with Crippen molar-refractivity contribution in [1.29, 1.82) is 0 Å². The third-order valence-corrected chi connectivity index (χ3v) is 2.36. The van der Waals surface area contributed by atoms with Crippen LogP contribution in [0.1, 0.15) is 22.8 Å². The second-order valence-electron chi connectivity index (χ2n) is 4.02. The molecule has 4 heteroatoms. The van der Waals surface area contributed by atoms with Crippen LogP contribution in [0.15, 0.2) is 54.6 Å². The van der Waals surface area contributed by atoms with Gasteiger partial charge in [0.05, 0.1) is 0 Å². The molecule has 0 amide bonds. The predicted molar refractivity (Wildman–Crippen MR) is 79.1 cm³/mol. The number of rotatable bonds is 1. The average Bonchev–Trinajstić information content (AvgIpc) is 2.47. The molecule has 0 bridgehead atoms. The van der Waals surface area contributed by atoms with E-state index < -0.39 is 5.97 Å². The maximum atomic E-state index is 10.7. The molecule has 0 aromatic heterocycles. The molecule has 0 radical (unpaired) electrons. The Bertz CT molecular complexity index is 661. The molecule has 0 aliphatic heterocycles. The molecule has 2 rings (SSSR count). The highest BCUT2D eigenvalue weighted by atomic mass is 16.4. The number of benzene rings is 2. The number of carboxylic acids is 1.